The molecule has 0 bridgehead atoms. The first kappa shape index (κ1) is 13.4. The van der Waals surface area contributed by atoms with Gasteiger partial charge in [-0.2, -0.15) is 0 Å². The maximum Gasteiger partial charge on any atom is 0.250 e. The molecule has 5 heteroatoms. The summed E-state index contributed by atoms with van der Waals surface area (Å²) in [5.74, 6) is -0.0695. The summed E-state index contributed by atoms with van der Waals surface area (Å²) in [6.07, 6.45) is -0.369. The highest BCUT2D eigenvalue weighted by Gasteiger charge is 2.24. The Hall–Kier alpha value is -0.650. The molecule has 0 aromatic carbocycles. The molecule has 1 aliphatic heterocycles. The lowest BCUT2D eigenvalue weighted by atomic mass is 10.1. The molecule has 94 valence electrons. The van der Waals surface area contributed by atoms with Crippen molar-refractivity contribution >= 4 is 5.91 Å². The van der Waals surface area contributed by atoms with Gasteiger partial charge >= 0.3 is 0 Å². The third-order valence-corrected chi connectivity index (χ3v) is 2.44. The molecule has 1 aliphatic rings. The van der Waals surface area contributed by atoms with E-state index in [0.29, 0.717) is 26.3 Å². The van der Waals surface area contributed by atoms with Crippen molar-refractivity contribution in [1.82, 2.24) is 10.6 Å². The van der Waals surface area contributed by atoms with Crippen molar-refractivity contribution in [3.63, 3.8) is 0 Å². The lowest BCUT2D eigenvalue weighted by Gasteiger charge is -2.27. The first-order valence-electron chi connectivity index (χ1n) is 5.79. The molecule has 16 heavy (non-hydrogen) atoms. The Morgan fingerprint density at radius 1 is 1.62 bits per heavy atom. The maximum absolute atomic E-state index is 11.7. The van der Waals surface area contributed by atoms with E-state index in [0.717, 1.165) is 6.54 Å². The molecule has 0 radical (unpaired) electrons. The van der Waals surface area contributed by atoms with Gasteiger partial charge in [-0.05, 0) is 20.8 Å². The first-order chi connectivity index (χ1) is 7.55. The number of rotatable bonds is 5. The molecule has 1 rings (SSSR count). The summed E-state index contributed by atoms with van der Waals surface area (Å²) >= 11 is 0. The van der Waals surface area contributed by atoms with Crippen molar-refractivity contribution in [3.8, 4) is 0 Å². The quantitative estimate of drug-likeness (QED) is 0.693. The highest BCUT2D eigenvalue weighted by atomic mass is 16.5. The van der Waals surface area contributed by atoms with Crippen molar-refractivity contribution < 1.29 is 14.3 Å². The molecular formula is C11H22N2O3. The summed E-state index contributed by atoms with van der Waals surface area (Å²) in [7, 11) is 0. The summed E-state index contributed by atoms with van der Waals surface area (Å²) in [5, 5.41) is 5.97. The van der Waals surface area contributed by atoms with Crippen LogP contribution in [0.4, 0.5) is 0 Å². The second kappa shape index (κ2) is 6.18. The number of ether oxygens (including phenoxy) is 2. The van der Waals surface area contributed by atoms with Crippen LogP contribution in [-0.4, -0.2) is 50.5 Å². The van der Waals surface area contributed by atoms with Crippen LogP contribution in [0.15, 0.2) is 0 Å². The van der Waals surface area contributed by atoms with Gasteiger partial charge in [-0.3, -0.25) is 4.79 Å². The summed E-state index contributed by atoms with van der Waals surface area (Å²) in [5.41, 5.74) is -0.327. The number of hydrogen-bond donors (Lipinski definition) is 2. The number of amides is 1. The predicted molar refractivity (Wildman–Crippen MR) is 61.3 cm³/mol. The highest BCUT2D eigenvalue weighted by Crippen LogP contribution is 2.07. The first-order valence-corrected chi connectivity index (χ1v) is 5.79. The van der Waals surface area contributed by atoms with E-state index < -0.39 is 0 Å². The van der Waals surface area contributed by atoms with Crippen molar-refractivity contribution in [2.24, 2.45) is 0 Å². The standard InChI is InChI=1S/C11H22N2O3/c1-4-16-11(2,3)8-13-10(14)9-7-12-5-6-15-9/h9,12H,4-8H2,1-3H3,(H,13,14). The third kappa shape index (κ3) is 4.47. The second-order valence-corrected chi connectivity index (χ2v) is 4.47. The topological polar surface area (TPSA) is 59.6 Å². The molecule has 1 heterocycles. The van der Waals surface area contributed by atoms with Crippen LogP contribution in [0.5, 0.6) is 0 Å². The van der Waals surface area contributed by atoms with Crippen LogP contribution in [0.25, 0.3) is 0 Å². The predicted octanol–water partition coefficient (Wildman–Crippen LogP) is -0.0939. The van der Waals surface area contributed by atoms with Gasteiger partial charge in [0.25, 0.3) is 5.91 Å². The largest absolute Gasteiger partial charge is 0.374 e. The fourth-order valence-corrected chi connectivity index (χ4v) is 1.59. The third-order valence-electron chi connectivity index (χ3n) is 2.44. The summed E-state index contributed by atoms with van der Waals surface area (Å²) in [6, 6.07) is 0. The van der Waals surface area contributed by atoms with E-state index in [1.807, 2.05) is 20.8 Å². The van der Waals surface area contributed by atoms with E-state index >= 15 is 0 Å². The van der Waals surface area contributed by atoms with Gasteiger partial charge in [-0.15, -0.1) is 0 Å². The molecular weight excluding hydrogens is 208 g/mol. The minimum absolute atomic E-state index is 0.0695. The normalized spacial score (nSPS) is 21.8. The lowest BCUT2D eigenvalue weighted by molar-refractivity contribution is -0.135. The van der Waals surface area contributed by atoms with Gasteiger partial charge < -0.3 is 20.1 Å². The van der Waals surface area contributed by atoms with Gasteiger partial charge in [0.2, 0.25) is 0 Å². The zero-order valence-corrected chi connectivity index (χ0v) is 10.3. The molecule has 0 aromatic rings. The molecule has 0 aliphatic carbocycles. The van der Waals surface area contributed by atoms with Crippen molar-refractivity contribution in [3.05, 3.63) is 0 Å². The Kier molecular flexibility index (Phi) is 5.18. The van der Waals surface area contributed by atoms with Crippen LogP contribution in [0.2, 0.25) is 0 Å². The maximum atomic E-state index is 11.7. The van der Waals surface area contributed by atoms with Gasteiger partial charge in [0.1, 0.15) is 6.10 Å². The van der Waals surface area contributed by atoms with Crippen LogP contribution in [0.3, 0.4) is 0 Å². The van der Waals surface area contributed by atoms with Crippen molar-refractivity contribution in [1.29, 1.82) is 0 Å². The number of hydrogen-bond acceptors (Lipinski definition) is 4. The minimum Gasteiger partial charge on any atom is -0.374 e. The second-order valence-electron chi connectivity index (χ2n) is 4.47. The van der Waals surface area contributed by atoms with E-state index in [1.165, 1.54) is 0 Å². The molecule has 1 fully saturated rings. The smallest absolute Gasteiger partial charge is 0.250 e. The average Bonchev–Trinajstić information content (AvgIpc) is 2.27. The number of carbonyl (C=O) groups is 1. The van der Waals surface area contributed by atoms with Gasteiger partial charge in [-0.25, -0.2) is 0 Å². The highest BCUT2D eigenvalue weighted by molar-refractivity contribution is 5.81. The molecule has 1 atom stereocenters. The van der Waals surface area contributed by atoms with E-state index in [-0.39, 0.29) is 17.6 Å². The Balaban J connectivity index is 2.28. The average molecular weight is 230 g/mol. The molecule has 1 unspecified atom stereocenters. The van der Waals surface area contributed by atoms with Crippen LogP contribution >= 0.6 is 0 Å². The summed E-state index contributed by atoms with van der Waals surface area (Å²) in [4.78, 5) is 11.7. The van der Waals surface area contributed by atoms with Gasteiger partial charge in [-0.1, -0.05) is 0 Å². The van der Waals surface area contributed by atoms with E-state index in [4.69, 9.17) is 9.47 Å². The van der Waals surface area contributed by atoms with Gasteiger partial charge in [0, 0.05) is 26.2 Å². The van der Waals surface area contributed by atoms with Crippen LogP contribution < -0.4 is 10.6 Å². The van der Waals surface area contributed by atoms with E-state index in [1.54, 1.807) is 0 Å². The van der Waals surface area contributed by atoms with Crippen LogP contribution in [0.1, 0.15) is 20.8 Å². The SMILES string of the molecule is CCOC(C)(C)CNC(=O)C1CNCCO1. The fraction of sp³-hybridized carbons (Fsp3) is 0.909. The molecule has 0 saturated carbocycles. The van der Waals surface area contributed by atoms with E-state index in [9.17, 15) is 4.79 Å². The zero-order chi connectivity index (χ0) is 12.0. The van der Waals surface area contributed by atoms with Crippen molar-refractivity contribution in [2.45, 2.75) is 32.5 Å². The number of morpholine rings is 1. The lowest BCUT2D eigenvalue weighted by Crippen LogP contribution is -2.50. The van der Waals surface area contributed by atoms with Gasteiger partial charge in [0.05, 0.1) is 12.2 Å². The molecule has 1 amide bonds. The number of nitrogens with one attached hydrogen (secondary N) is 2. The summed E-state index contributed by atoms with van der Waals surface area (Å²) < 4.78 is 10.8. The molecule has 0 aromatic heterocycles. The molecule has 2 N–H and O–H groups in total. The van der Waals surface area contributed by atoms with Crippen molar-refractivity contribution in [2.75, 3.05) is 32.8 Å². The van der Waals surface area contributed by atoms with Crippen LogP contribution in [0, 0.1) is 0 Å². The van der Waals surface area contributed by atoms with E-state index in [2.05, 4.69) is 10.6 Å². The molecule has 1 saturated heterocycles. The van der Waals surface area contributed by atoms with Gasteiger partial charge in [0.15, 0.2) is 0 Å². The Labute approximate surface area is 96.9 Å². The monoisotopic (exact) mass is 230 g/mol. The fourth-order valence-electron chi connectivity index (χ4n) is 1.59. The minimum atomic E-state index is -0.369. The summed E-state index contributed by atoms with van der Waals surface area (Å²) in [6.45, 7) is 8.98. The Morgan fingerprint density at radius 3 is 2.94 bits per heavy atom. The Morgan fingerprint density at radius 2 is 2.38 bits per heavy atom. The molecule has 5 nitrogen and oxygen atoms in total. The Bertz CT molecular complexity index is 225. The van der Waals surface area contributed by atoms with Crippen LogP contribution in [-0.2, 0) is 14.3 Å². The zero-order valence-electron chi connectivity index (χ0n) is 10.3. The molecule has 0 spiro atoms. The number of carbonyl (C=O) groups excluding carboxylic acids is 1.